The van der Waals surface area contributed by atoms with Gasteiger partial charge in [-0.1, -0.05) is 66.5 Å². The summed E-state index contributed by atoms with van der Waals surface area (Å²) in [6.07, 6.45) is 9.70. The van der Waals surface area contributed by atoms with Crippen LogP contribution in [0, 0.1) is 23.6 Å². The van der Waals surface area contributed by atoms with Crippen LogP contribution in [0.3, 0.4) is 0 Å². The molecule has 2 aliphatic carbocycles. The topological polar surface area (TPSA) is 89.7 Å². The fraction of sp³-hybridized carbons (Fsp3) is 0.439. The van der Waals surface area contributed by atoms with E-state index in [9.17, 15) is 14.6 Å². The Kier molecular flexibility index (Phi) is 12.3. The number of hydrogen-bond donors (Lipinski definition) is 2. The van der Waals surface area contributed by atoms with Crippen LogP contribution in [0.1, 0.15) is 62.0 Å². The molecule has 3 aliphatic rings. The van der Waals surface area contributed by atoms with Gasteiger partial charge in [-0.05, 0) is 79.5 Å². The molecule has 7 nitrogen and oxygen atoms in total. The molecule has 2 N–H and O–H groups in total. The Bertz CT molecular complexity index is 1650. The largest absolute Gasteiger partial charge is 0.489 e. The lowest BCUT2D eigenvalue weighted by atomic mass is 9.56. The SMILES string of the molecule is C=CCO[C@@]12Oc3ccc(OCc4ccccc4F)cc3[C@H]3[C@H](CCCCO)[C@@H](CCCCO)C=C(C(=NOC)C[C@@H]1Sc1ccccc1)[C@H]32. The number of aliphatic hydroxyl groups excluding tert-OH is 2. The van der Waals surface area contributed by atoms with Crippen LogP contribution in [-0.2, 0) is 16.2 Å². The van der Waals surface area contributed by atoms with Crippen LogP contribution in [0.4, 0.5) is 4.39 Å². The van der Waals surface area contributed by atoms with Gasteiger partial charge >= 0.3 is 0 Å². The van der Waals surface area contributed by atoms with Crippen LogP contribution >= 0.6 is 11.8 Å². The minimum absolute atomic E-state index is 0.0559. The predicted octanol–water partition coefficient (Wildman–Crippen LogP) is 8.46. The van der Waals surface area contributed by atoms with Crippen LogP contribution in [0.25, 0.3) is 0 Å². The summed E-state index contributed by atoms with van der Waals surface area (Å²) in [7, 11) is 1.59. The highest BCUT2D eigenvalue weighted by atomic mass is 32.2. The van der Waals surface area contributed by atoms with Gasteiger partial charge in [-0.3, -0.25) is 0 Å². The average Bonchev–Trinajstić information content (AvgIpc) is 3.13. The van der Waals surface area contributed by atoms with Crippen molar-refractivity contribution in [2.45, 2.75) is 73.4 Å². The average molecular weight is 702 g/mol. The van der Waals surface area contributed by atoms with Crippen LogP contribution in [-0.4, -0.2) is 53.9 Å². The number of benzene rings is 3. The highest BCUT2D eigenvalue weighted by Gasteiger charge is 2.64. The van der Waals surface area contributed by atoms with E-state index in [2.05, 4.69) is 36.0 Å². The number of fused-ring (bicyclic) bond motifs is 2. The molecule has 3 aromatic carbocycles. The Hall–Kier alpha value is -3.63. The van der Waals surface area contributed by atoms with Gasteiger partial charge in [0.2, 0.25) is 5.79 Å². The van der Waals surface area contributed by atoms with E-state index >= 15 is 0 Å². The second-order valence-electron chi connectivity index (χ2n) is 13.2. The van der Waals surface area contributed by atoms with Gasteiger partial charge in [0, 0.05) is 41.6 Å². The Balaban J connectivity index is 1.51. The number of allylic oxidation sites excluding steroid dienone is 1. The highest BCUT2D eigenvalue weighted by Crippen LogP contribution is 2.63. The number of ether oxygens (including phenoxy) is 3. The van der Waals surface area contributed by atoms with Crippen LogP contribution in [0.15, 0.2) is 107 Å². The van der Waals surface area contributed by atoms with Crippen molar-refractivity contribution in [2.75, 3.05) is 26.9 Å². The van der Waals surface area contributed by atoms with Crippen molar-refractivity contribution >= 4 is 17.5 Å². The van der Waals surface area contributed by atoms with Gasteiger partial charge in [-0.2, -0.15) is 0 Å². The maximum Gasteiger partial charge on any atom is 0.231 e. The molecule has 50 heavy (non-hydrogen) atoms. The van der Waals surface area contributed by atoms with Gasteiger partial charge in [0.25, 0.3) is 0 Å². The van der Waals surface area contributed by atoms with E-state index in [0.29, 0.717) is 30.8 Å². The number of thioether (sulfide) groups is 1. The van der Waals surface area contributed by atoms with Gasteiger partial charge in [-0.15, -0.1) is 18.3 Å². The lowest BCUT2D eigenvalue weighted by Gasteiger charge is -2.58. The first-order valence-corrected chi connectivity index (χ1v) is 18.6. The molecule has 0 spiro atoms. The van der Waals surface area contributed by atoms with Crippen molar-refractivity contribution in [3.8, 4) is 11.5 Å². The third-order valence-electron chi connectivity index (χ3n) is 10.2. The summed E-state index contributed by atoms with van der Waals surface area (Å²) in [6.45, 7) is 4.68. The third kappa shape index (κ3) is 7.66. The predicted molar refractivity (Wildman–Crippen MR) is 195 cm³/mol. The molecule has 0 radical (unpaired) electrons. The van der Waals surface area contributed by atoms with Gasteiger partial charge < -0.3 is 29.3 Å². The Labute approximate surface area is 299 Å². The molecular weight excluding hydrogens is 654 g/mol. The molecule has 6 rings (SSSR count). The Morgan fingerprint density at radius 3 is 2.50 bits per heavy atom. The molecule has 1 aliphatic heterocycles. The minimum atomic E-state index is -1.06. The van der Waals surface area contributed by atoms with E-state index in [-0.39, 0.29) is 54.6 Å². The zero-order chi connectivity index (χ0) is 34.9. The standard InChI is InChI=1S/C41H48FNO6S/c1-3-23-48-41-38(50-31-15-5-4-6-16-31)26-36(43-46-2)33-24-28(13-9-11-21-44)32(17-10-12-22-45)39(40(33)41)34-25-30(19-20-37(34)49-41)47-27-29-14-7-8-18-35(29)42/h3-8,14-16,18-20,24-25,28,32,38-40,44-45H,1,9-13,17,21-23,26-27H2,2H3/t28-,32+,38-,39+,40+,41+/m0/s1. The second kappa shape index (κ2) is 17.1. The van der Waals surface area contributed by atoms with E-state index in [0.717, 1.165) is 59.6 Å². The number of oxime groups is 1. The van der Waals surface area contributed by atoms with Crippen molar-refractivity contribution in [3.05, 3.63) is 114 Å². The maximum atomic E-state index is 14.5. The van der Waals surface area contributed by atoms with Crippen LogP contribution in [0.2, 0.25) is 0 Å². The lowest BCUT2D eigenvalue weighted by molar-refractivity contribution is -0.223. The number of unbranched alkanes of at least 4 members (excludes halogenated alkanes) is 2. The summed E-state index contributed by atoms with van der Waals surface area (Å²) in [5.41, 5.74) is 3.46. The van der Waals surface area contributed by atoms with E-state index in [1.165, 1.54) is 6.07 Å². The van der Waals surface area contributed by atoms with Crippen molar-refractivity contribution in [3.63, 3.8) is 0 Å². The zero-order valence-electron chi connectivity index (χ0n) is 28.7. The molecule has 1 saturated carbocycles. The number of aliphatic hydroxyl groups is 2. The second-order valence-corrected chi connectivity index (χ2v) is 14.5. The molecule has 6 atom stereocenters. The molecule has 1 fully saturated rings. The molecular formula is C41H48FNO6S. The summed E-state index contributed by atoms with van der Waals surface area (Å²) in [5, 5.41) is 24.0. The highest BCUT2D eigenvalue weighted by molar-refractivity contribution is 8.00. The van der Waals surface area contributed by atoms with Crippen LogP contribution < -0.4 is 9.47 Å². The Morgan fingerprint density at radius 1 is 1.00 bits per heavy atom. The summed E-state index contributed by atoms with van der Waals surface area (Å²) < 4.78 is 34.9. The number of rotatable bonds is 17. The van der Waals surface area contributed by atoms with E-state index in [1.54, 1.807) is 43.1 Å². The van der Waals surface area contributed by atoms with Crippen molar-refractivity contribution in [2.24, 2.45) is 22.9 Å². The first-order chi connectivity index (χ1) is 24.5. The first kappa shape index (κ1) is 36.2. The van der Waals surface area contributed by atoms with E-state index < -0.39 is 5.79 Å². The van der Waals surface area contributed by atoms with Crippen molar-refractivity contribution in [1.82, 2.24) is 0 Å². The number of hydrogen-bond acceptors (Lipinski definition) is 8. The molecule has 3 aromatic rings. The van der Waals surface area contributed by atoms with Crippen molar-refractivity contribution in [1.29, 1.82) is 0 Å². The smallest absolute Gasteiger partial charge is 0.231 e. The first-order valence-electron chi connectivity index (χ1n) is 17.7. The number of halogens is 1. The summed E-state index contributed by atoms with van der Waals surface area (Å²) >= 11 is 1.72. The molecule has 0 bridgehead atoms. The molecule has 0 amide bonds. The molecule has 0 aromatic heterocycles. The monoisotopic (exact) mass is 701 g/mol. The molecule has 0 unspecified atom stereocenters. The summed E-state index contributed by atoms with van der Waals surface area (Å²) in [4.78, 5) is 6.61. The van der Waals surface area contributed by atoms with E-state index in [4.69, 9.17) is 19.0 Å². The Morgan fingerprint density at radius 2 is 1.76 bits per heavy atom. The molecule has 9 heteroatoms. The number of nitrogens with zero attached hydrogens (tertiary/aromatic N) is 1. The lowest BCUT2D eigenvalue weighted by Crippen LogP contribution is -2.64. The van der Waals surface area contributed by atoms with Gasteiger partial charge in [-0.25, -0.2) is 4.39 Å². The third-order valence-corrected chi connectivity index (χ3v) is 11.5. The van der Waals surface area contributed by atoms with Gasteiger partial charge in [0.15, 0.2) is 0 Å². The summed E-state index contributed by atoms with van der Waals surface area (Å²) in [6, 6.07) is 22.9. The van der Waals surface area contributed by atoms with Crippen molar-refractivity contribution < 1.29 is 33.7 Å². The molecule has 1 heterocycles. The van der Waals surface area contributed by atoms with Gasteiger partial charge in [0.1, 0.15) is 31.0 Å². The zero-order valence-corrected chi connectivity index (χ0v) is 29.5. The fourth-order valence-electron chi connectivity index (χ4n) is 8.06. The molecule has 0 saturated heterocycles. The minimum Gasteiger partial charge on any atom is -0.489 e. The fourth-order valence-corrected chi connectivity index (χ4v) is 9.38. The van der Waals surface area contributed by atoms with Gasteiger partial charge in [0.05, 0.1) is 23.5 Å². The maximum absolute atomic E-state index is 14.5. The molecule has 266 valence electrons. The van der Waals surface area contributed by atoms with Crippen LogP contribution in [0.5, 0.6) is 11.5 Å². The summed E-state index contributed by atoms with van der Waals surface area (Å²) in [5.74, 6) is 0.0663. The quantitative estimate of drug-likeness (QED) is 0.0830. The van der Waals surface area contributed by atoms with E-state index in [1.807, 2.05) is 30.3 Å². The normalized spacial score (nSPS) is 26.0.